The maximum atomic E-state index is 12.1. The Morgan fingerprint density at radius 1 is 1.58 bits per heavy atom. The number of hydrogen-bond acceptors (Lipinski definition) is 6. The van der Waals surface area contributed by atoms with Crippen LogP contribution in [0.2, 0.25) is 0 Å². The van der Waals surface area contributed by atoms with E-state index in [1.54, 1.807) is 0 Å². The second-order valence-corrected chi connectivity index (χ2v) is 7.38. The molecule has 5 nitrogen and oxygen atoms in total. The number of nitrogens with two attached hydrogens (primary N) is 1. The molecule has 1 amide bonds. The van der Waals surface area contributed by atoms with Crippen LogP contribution in [0.5, 0.6) is 0 Å². The van der Waals surface area contributed by atoms with E-state index in [0.29, 0.717) is 22.4 Å². The summed E-state index contributed by atoms with van der Waals surface area (Å²) >= 11 is 3.13. The molecule has 1 aromatic heterocycles. The molecule has 1 fully saturated rings. The minimum atomic E-state index is -0.118. The van der Waals surface area contributed by atoms with Gasteiger partial charge in [0, 0.05) is 17.3 Å². The fraction of sp³-hybridized carbons (Fsp3) is 0.667. The van der Waals surface area contributed by atoms with Crippen LogP contribution in [0.1, 0.15) is 36.4 Å². The van der Waals surface area contributed by atoms with E-state index in [0.717, 1.165) is 0 Å². The Balaban J connectivity index is 1.96. The Morgan fingerprint density at radius 2 is 2.26 bits per heavy atom. The Morgan fingerprint density at radius 3 is 2.79 bits per heavy atom. The van der Waals surface area contributed by atoms with Crippen molar-refractivity contribution >= 4 is 40.0 Å². The smallest absolute Gasteiger partial charge is 0.265 e. The largest absolute Gasteiger partial charge is 0.382 e. The summed E-state index contributed by atoms with van der Waals surface area (Å²) in [5.74, 6) is 0.187. The van der Waals surface area contributed by atoms with Crippen LogP contribution >= 0.6 is 23.1 Å². The average Bonchev–Trinajstić information content (AvgIpc) is 3.04. The standard InChI is InChI=1S/C12H20N4OS2/c1-7(2)15-11-16-9(13)8(19-11)10(17)14-6-12(18-3)4-5-12/h7H,4-6,13H2,1-3H3,(H,14,17)(H,15,16). The first-order valence-corrected chi connectivity index (χ1v) is 8.36. The van der Waals surface area contributed by atoms with Crippen molar-refractivity contribution in [2.24, 2.45) is 0 Å². The van der Waals surface area contributed by atoms with Gasteiger partial charge in [-0.05, 0) is 32.9 Å². The monoisotopic (exact) mass is 300 g/mol. The molecule has 0 unspecified atom stereocenters. The maximum absolute atomic E-state index is 12.1. The van der Waals surface area contributed by atoms with Crippen molar-refractivity contribution in [2.45, 2.75) is 37.5 Å². The van der Waals surface area contributed by atoms with Crippen molar-refractivity contribution in [1.29, 1.82) is 0 Å². The van der Waals surface area contributed by atoms with E-state index in [-0.39, 0.29) is 16.7 Å². The molecule has 4 N–H and O–H groups in total. The van der Waals surface area contributed by atoms with Crippen LogP contribution in [0, 0.1) is 0 Å². The van der Waals surface area contributed by atoms with E-state index in [2.05, 4.69) is 21.9 Å². The van der Waals surface area contributed by atoms with Crippen LogP contribution in [0.25, 0.3) is 0 Å². The highest BCUT2D eigenvalue weighted by Gasteiger charge is 2.42. The number of anilines is 2. The van der Waals surface area contributed by atoms with Gasteiger partial charge < -0.3 is 16.4 Å². The number of nitrogen functional groups attached to an aromatic ring is 1. The third-order valence-corrected chi connectivity index (χ3v) is 5.50. The van der Waals surface area contributed by atoms with Gasteiger partial charge in [0.25, 0.3) is 5.91 Å². The van der Waals surface area contributed by atoms with Crippen LogP contribution in [-0.2, 0) is 0 Å². The lowest BCUT2D eigenvalue weighted by molar-refractivity contribution is 0.0957. The average molecular weight is 300 g/mol. The summed E-state index contributed by atoms with van der Waals surface area (Å²) in [4.78, 5) is 16.8. The molecule has 0 radical (unpaired) electrons. The number of thiazole rings is 1. The van der Waals surface area contributed by atoms with E-state index in [1.165, 1.54) is 24.2 Å². The fourth-order valence-corrected chi connectivity index (χ4v) is 3.39. The lowest BCUT2D eigenvalue weighted by Crippen LogP contribution is -2.31. The van der Waals surface area contributed by atoms with Gasteiger partial charge in [0.15, 0.2) is 5.13 Å². The number of aromatic nitrogens is 1. The first kappa shape index (κ1) is 14.5. The molecular formula is C12H20N4OS2. The van der Waals surface area contributed by atoms with Gasteiger partial charge in [0.1, 0.15) is 10.7 Å². The molecule has 19 heavy (non-hydrogen) atoms. The molecule has 1 saturated carbocycles. The Hall–Kier alpha value is -0.950. The van der Waals surface area contributed by atoms with Crippen LogP contribution in [0.4, 0.5) is 10.9 Å². The number of carbonyl (C=O) groups is 1. The number of carbonyl (C=O) groups excluding carboxylic acids is 1. The lowest BCUT2D eigenvalue weighted by atomic mass is 10.4. The molecule has 0 atom stereocenters. The Kier molecular flexibility index (Phi) is 4.25. The second kappa shape index (κ2) is 5.58. The Bertz CT molecular complexity index is 468. The Labute approximate surface area is 121 Å². The number of hydrogen-bond donors (Lipinski definition) is 3. The molecule has 1 aliphatic rings. The van der Waals surface area contributed by atoms with Crippen LogP contribution in [0.3, 0.4) is 0 Å². The molecule has 0 saturated heterocycles. The fourth-order valence-electron chi connectivity index (χ4n) is 1.72. The van der Waals surface area contributed by atoms with Gasteiger partial charge in [-0.25, -0.2) is 4.98 Å². The molecule has 0 spiro atoms. The first-order valence-electron chi connectivity index (χ1n) is 6.32. The van der Waals surface area contributed by atoms with Gasteiger partial charge in [-0.1, -0.05) is 11.3 Å². The molecule has 1 aromatic rings. The predicted octanol–water partition coefficient (Wildman–Crippen LogP) is 2.17. The zero-order valence-corrected chi connectivity index (χ0v) is 13.1. The molecule has 7 heteroatoms. The van der Waals surface area contributed by atoms with Gasteiger partial charge in [0.2, 0.25) is 0 Å². The molecule has 106 valence electrons. The molecule has 0 aliphatic heterocycles. The maximum Gasteiger partial charge on any atom is 0.265 e. The van der Waals surface area contributed by atoms with Crippen molar-refractivity contribution in [3.63, 3.8) is 0 Å². The quantitative estimate of drug-likeness (QED) is 0.750. The van der Waals surface area contributed by atoms with Crippen molar-refractivity contribution in [3.05, 3.63) is 4.88 Å². The highest BCUT2D eigenvalue weighted by molar-refractivity contribution is 8.00. The highest BCUT2D eigenvalue weighted by atomic mass is 32.2. The van der Waals surface area contributed by atoms with E-state index in [9.17, 15) is 4.79 Å². The topological polar surface area (TPSA) is 80.0 Å². The highest BCUT2D eigenvalue weighted by Crippen LogP contribution is 2.46. The van der Waals surface area contributed by atoms with Crippen LogP contribution in [-0.4, -0.2) is 34.5 Å². The number of thioether (sulfide) groups is 1. The first-order chi connectivity index (χ1) is 8.96. The van der Waals surface area contributed by atoms with Gasteiger partial charge in [-0.15, -0.1) is 0 Å². The summed E-state index contributed by atoms with van der Waals surface area (Å²) < 4.78 is 0.258. The normalized spacial score (nSPS) is 16.4. The summed E-state index contributed by atoms with van der Waals surface area (Å²) in [6.07, 6.45) is 4.43. The van der Waals surface area contributed by atoms with Crippen LogP contribution in [0.15, 0.2) is 0 Å². The van der Waals surface area contributed by atoms with Crippen molar-refractivity contribution in [1.82, 2.24) is 10.3 Å². The van der Waals surface area contributed by atoms with Gasteiger partial charge in [0.05, 0.1) is 0 Å². The third kappa shape index (κ3) is 3.54. The predicted molar refractivity (Wildman–Crippen MR) is 83.1 cm³/mol. The zero-order valence-electron chi connectivity index (χ0n) is 11.4. The van der Waals surface area contributed by atoms with E-state index < -0.39 is 0 Å². The van der Waals surface area contributed by atoms with Gasteiger partial charge in [-0.2, -0.15) is 11.8 Å². The van der Waals surface area contributed by atoms with Gasteiger partial charge in [-0.3, -0.25) is 4.79 Å². The van der Waals surface area contributed by atoms with Crippen LogP contribution < -0.4 is 16.4 Å². The molecule has 0 aromatic carbocycles. The summed E-state index contributed by atoms with van der Waals surface area (Å²) in [5, 5.41) is 6.82. The summed E-state index contributed by atoms with van der Waals surface area (Å²) in [6, 6.07) is 0.271. The lowest BCUT2D eigenvalue weighted by Gasteiger charge is -2.12. The van der Waals surface area contributed by atoms with Crippen molar-refractivity contribution in [2.75, 3.05) is 23.9 Å². The number of rotatable bonds is 6. The molecule has 0 bridgehead atoms. The number of nitrogens with zero attached hydrogens (tertiary/aromatic N) is 1. The number of nitrogens with one attached hydrogen (secondary N) is 2. The number of amides is 1. The minimum absolute atomic E-state index is 0.118. The van der Waals surface area contributed by atoms with E-state index in [1.807, 2.05) is 25.6 Å². The molecule has 2 rings (SSSR count). The summed E-state index contributed by atoms with van der Waals surface area (Å²) in [5.41, 5.74) is 5.80. The zero-order chi connectivity index (χ0) is 14.0. The molecular weight excluding hydrogens is 280 g/mol. The second-order valence-electron chi connectivity index (χ2n) is 5.10. The third-order valence-electron chi connectivity index (χ3n) is 3.08. The molecule has 1 aliphatic carbocycles. The summed E-state index contributed by atoms with van der Waals surface area (Å²) in [7, 11) is 0. The van der Waals surface area contributed by atoms with E-state index >= 15 is 0 Å². The SMILES string of the molecule is CSC1(CNC(=O)c2sc(NC(C)C)nc2N)CC1. The van der Waals surface area contributed by atoms with Gasteiger partial charge >= 0.3 is 0 Å². The van der Waals surface area contributed by atoms with E-state index in [4.69, 9.17) is 5.73 Å². The molecule has 1 heterocycles. The van der Waals surface area contributed by atoms with Crippen molar-refractivity contribution in [3.8, 4) is 0 Å². The minimum Gasteiger partial charge on any atom is -0.382 e. The van der Waals surface area contributed by atoms with Crippen molar-refractivity contribution < 1.29 is 4.79 Å². The summed E-state index contributed by atoms with van der Waals surface area (Å²) in [6.45, 7) is 4.75.